The molecule has 0 amide bonds. The summed E-state index contributed by atoms with van der Waals surface area (Å²) in [6.45, 7) is 7.89. The highest BCUT2D eigenvalue weighted by Gasteiger charge is 2.18. The molecule has 2 aromatic carbocycles. The van der Waals surface area contributed by atoms with E-state index in [1.54, 1.807) is 7.11 Å². The van der Waals surface area contributed by atoms with E-state index in [2.05, 4.69) is 55.4 Å². The highest BCUT2D eigenvalue weighted by atomic mass is 16.5. The predicted molar refractivity (Wildman–Crippen MR) is 141 cm³/mol. The van der Waals surface area contributed by atoms with Crippen LogP contribution in [0.5, 0.6) is 5.75 Å². The normalized spacial score (nSPS) is 13.6. The van der Waals surface area contributed by atoms with Crippen molar-refractivity contribution in [1.29, 1.82) is 5.26 Å². The van der Waals surface area contributed by atoms with E-state index in [9.17, 15) is 5.26 Å². The number of rotatable bonds is 8. The highest BCUT2D eigenvalue weighted by Crippen LogP contribution is 2.33. The largest absolute Gasteiger partial charge is 0.495 e. The molecule has 0 bridgehead atoms. The lowest BCUT2D eigenvalue weighted by atomic mass is 10.1. The minimum Gasteiger partial charge on any atom is -0.495 e. The van der Waals surface area contributed by atoms with Gasteiger partial charge in [-0.2, -0.15) is 10.2 Å². The summed E-state index contributed by atoms with van der Waals surface area (Å²) in [6, 6.07) is 15.8. The molecule has 4 rings (SSSR count). The van der Waals surface area contributed by atoms with E-state index in [1.807, 2.05) is 49.5 Å². The summed E-state index contributed by atoms with van der Waals surface area (Å²) < 4.78 is 5.61. The highest BCUT2D eigenvalue weighted by molar-refractivity contribution is 5.78. The van der Waals surface area contributed by atoms with Crippen LogP contribution < -0.4 is 25.6 Å². The second-order valence-electron chi connectivity index (χ2n) is 8.27. The van der Waals surface area contributed by atoms with Crippen molar-refractivity contribution in [2.75, 3.05) is 62.9 Å². The van der Waals surface area contributed by atoms with Crippen LogP contribution in [0.4, 0.5) is 28.8 Å². The van der Waals surface area contributed by atoms with Crippen LogP contribution in [-0.4, -0.2) is 62.3 Å². The third kappa shape index (κ3) is 5.45. The monoisotopic (exact) mass is 470 g/mol. The number of benzene rings is 2. The maximum atomic E-state index is 9.62. The molecule has 0 spiro atoms. The molecular weight excluding hydrogens is 440 g/mol. The summed E-state index contributed by atoms with van der Waals surface area (Å²) in [5.41, 5.74) is 4.63. The van der Waals surface area contributed by atoms with Crippen LogP contribution in [0.3, 0.4) is 0 Å². The Balaban J connectivity index is 1.61. The number of nitrogens with one attached hydrogen (secondary N) is 3. The number of hydrogen-bond donors (Lipinski definition) is 3. The lowest BCUT2D eigenvalue weighted by molar-refractivity contribution is 0.311. The molecule has 0 atom stereocenters. The van der Waals surface area contributed by atoms with Gasteiger partial charge in [0, 0.05) is 55.9 Å². The first-order valence-corrected chi connectivity index (χ1v) is 11.4. The van der Waals surface area contributed by atoms with Crippen molar-refractivity contribution in [1.82, 2.24) is 20.2 Å². The third-order valence-electron chi connectivity index (χ3n) is 6.00. The van der Waals surface area contributed by atoms with E-state index >= 15 is 0 Å². The molecule has 3 aromatic rings. The summed E-state index contributed by atoms with van der Waals surface area (Å²) in [5.74, 6) is 1.62. The maximum absolute atomic E-state index is 9.62. The van der Waals surface area contributed by atoms with Crippen molar-refractivity contribution in [3.8, 4) is 11.8 Å². The molecule has 9 heteroatoms. The first kappa shape index (κ1) is 23.9. The SMILES string of the molecule is C=C(NC)c1ccccc1Nc1nc(Nc2ccc(OC)c(N3CCN(C)CC3)c2)ncc1C#N. The van der Waals surface area contributed by atoms with Gasteiger partial charge >= 0.3 is 0 Å². The Kier molecular flexibility index (Phi) is 7.33. The Hall–Kier alpha value is -4.29. The number of piperazine rings is 1. The summed E-state index contributed by atoms with van der Waals surface area (Å²) in [5, 5.41) is 19.2. The van der Waals surface area contributed by atoms with Gasteiger partial charge in [-0.25, -0.2) is 4.98 Å². The van der Waals surface area contributed by atoms with Gasteiger partial charge in [0.15, 0.2) is 5.82 Å². The smallest absolute Gasteiger partial charge is 0.229 e. The van der Waals surface area contributed by atoms with Crippen molar-refractivity contribution in [3.05, 3.63) is 66.4 Å². The number of anilines is 5. The van der Waals surface area contributed by atoms with Crippen molar-refractivity contribution >= 4 is 34.5 Å². The quantitative estimate of drug-likeness (QED) is 0.454. The molecule has 0 aliphatic carbocycles. The van der Waals surface area contributed by atoms with Gasteiger partial charge in [-0.15, -0.1) is 0 Å². The number of nitriles is 1. The van der Waals surface area contributed by atoms with Gasteiger partial charge in [-0.05, 0) is 31.3 Å². The molecule has 9 nitrogen and oxygen atoms in total. The Labute approximate surface area is 206 Å². The second kappa shape index (κ2) is 10.8. The van der Waals surface area contributed by atoms with Gasteiger partial charge < -0.3 is 30.5 Å². The van der Waals surface area contributed by atoms with E-state index in [4.69, 9.17) is 4.74 Å². The standard InChI is InChI=1S/C26H30N8O/c1-18(28-2)21-7-5-6-8-22(21)31-25-19(16-27)17-29-26(32-25)30-20-9-10-24(35-4)23(15-20)34-13-11-33(3)12-14-34/h5-10,15,17,28H,1,11-14H2,2-4H3,(H2,29,30,31,32). The molecule has 1 aliphatic heterocycles. The van der Waals surface area contributed by atoms with E-state index < -0.39 is 0 Å². The van der Waals surface area contributed by atoms with Crippen molar-refractivity contribution in [2.45, 2.75) is 0 Å². The number of methoxy groups -OCH3 is 1. The molecule has 180 valence electrons. The summed E-state index contributed by atoms with van der Waals surface area (Å²) >= 11 is 0. The van der Waals surface area contributed by atoms with Gasteiger partial charge in [0.25, 0.3) is 0 Å². The number of hydrogen-bond acceptors (Lipinski definition) is 9. The van der Waals surface area contributed by atoms with Crippen molar-refractivity contribution in [2.24, 2.45) is 0 Å². The average molecular weight is 471 g/mol. The minimum atomic E-state index is 0.341. The first-order valence-electron chi connectivity index (χ1n) is 11.4. The zero-order valence-electron chi connectivity index (χ0n) is 20.3. The predicted octanol–water partition coefficient (Wildman–Crippen LogP) is 3.79. The van der Waals surface area contributed by atoms with Crippen LogP contribution >= 0.6 is 0 Å². The van der Waals surface area contributed by atoms with E-state index in [1.165, 1.54) is 6.20 Å². The van der Waals surface area contributed by atoms with E-state index in [-0.39, 0.29) is 0 Å². The molecule has 0 radical (unpaired) electrons. The maximum Gasteiger partial charge on any atom is 0.229 e. The van der Waals surface area contributed by atoms with Crippen molar-refractivity contribution in [3.63, 3.8) is 0 Å². The molecule has 35 heavy (non-hydrogen) atoms. The van der Waals surface area contributed by atoms with Gasteiger partial charge in [-0.3, -0.25) is 0 Å². The molecule has 1 fully saturated rings. The van der Waals surface area contributed by atoms with E-state index in [0.29, 0.717) is 17.3 Å². The number of aromatic nitrogens is 2. The van der Waals surface area contributed by atoms with Crippen LogP contribution in [0.1, 0.15) is 11.1 Å². The van der Waals surface area contributed by atoms with Crippen LogP contribution in [0.25, 0.3) is 5.70 Å². The van der Waals surface area contributed by atoms with Crippen LogP contribution in [0.15, 0.2) is 55.2 Å². The van der Waals surface area contributed by atoms with E-state index in [0.717, 1.165) is 60.3 Å². The van der Waals surface area contributed by atoms with Gasteiger partial charge in [0.05, 0.1) is 19.0 Å². The van der Waals surface area contributed by atoms with Crippen molar-refractivity contribution < 1.29 is 4.74 Å². The molecule has 1 aromatic heterocycles. The average Bonchev–Trinajstić information content (AvgIpc) is 2.89. The number of para-hydroxylation sites is 1. The van der Waals surface area contributed by atoms with Crippen LogP contribution in [0.2, 0.25) is 0 Å². The Morgan fingerprint density at radius 3 is 2.60 bits per heavy atom. The zero-order valence-corrected chi connectivity index (χ0v) is 20.3. The third-order valence-corrected chi connectivity index (χ3v) is 6.00. The lowest BCUT2D eigenvalue weighted by Gasteiger charge is -2.34. The molecule has 0 saturated carbocycles. The number of nitrogens with zero attached hydrogens (tertiary/aromatic N) is 5. The molecule has 0 unspecified atom stereocenters. The van der Waals surface area contributed by atoms with Crippen LogP contribution in [0, 0.1) is 11.3 Å². The second-order valence-corrected chi connectivity index (χ2v) is 8.27. The summed E-state index contributed by atoms with van der Waals surface area (Å²) in [7, 11) is 5.63. The fourth-order valence-corrected chi connectivity index (χ4v) is 3.93. The molecular formula is C26H30N8O. The van der Waals surface area contributed by atoms with Gasteiger partial charge in [0.2, 0.25) is 5.95 Å². The molecule has 3 N–H and O–H groups in total. The topological polar surface area (TPSA) is 101 Å². The zero-order chi connectivity index (χ0) is 24.8. The first-order chi connectivity index (χ1) is 17.0. The molecule has 1 saturated heterocycles. The number of ether oxygens (including phenoxy) is 1. The Bertz CT molecular complexity index is 1240. The van der Waals surface area contributed by atoms with Gasteiger partial charge in [0.1, 0.15) is 17.4 Å². The minimum absolute atomic E-state index is 0.341. The fourth-order valence-electron chi connectivity index (χ4n) is 3.93. The fraction of sp³-hybridized carbons (Fsp3) is 0.269. The summed E-state index contributed by atoms with van der Waals surface area (Å²) in [4.78, 5) is 13.6. The van der Waals surface area contributed by atoms with Gasteiger partial charge in [-0.1, -0.05) is 24.8 Å². The van der Waals surface area contributed by atoms with Crippen LogP contribution in [-0.2, 0) is 0 Å². The molecule has 2 heterocycles. The number of likely N-dealkylation sites (N-methyl/N-ethyl adjacent to an activating group) is 1. The lowest BCUT2D eigenvalue weighted by Crippen LogP contribution is -2.44. The molecule has 1 aliphatic rings. The summed E-state index contributed by atoms with van der Waals surface area (Å²) in [6.07, 6.45) is 1.51. The Morgan fingerprint density at radius 2 is 1.89 bits per heavy atom. The Morgan fingerprint density at radius 1 is 1.11 bits per heavy atom.